The van der Waals surface area contributed by atoms with Crippen molar-refractivity contribution in [3.05, 3.63) is 29.1 Å². The molecule has 2 heterocycles. The summed E-state index contributed by atoms with van der Waals surface area (Å²) in [5.41, 5.74) is 1.13. The molecule has 0 bridgehead atoms. The number of pyridine rings is 1. The summed E-state index contributed by atoms with van der Waals surface area (Å²) in [5.74, 6) is -1.13. The Kier molecular flexibility index (Phi) is 3.79. The van der Waals surface area contributed by atoms with Crippen LogP contribution in [0.3, 0.4) is 0 Å². The SMILES string of the molecule is Cc1nc(C(=O)N2CCC(C)(C)CC2)ccc1C(=O)O. The number of hydrogen-bond donors (Lipinski definition) is 1. The third kappa shape index (κ3) is 2.98. The molecule has 20 heavy (non-hydrogen) atoms. The first-order valence-corrected chi connectivity index (χ1v) is 6.80. The molecular formula is C15H20N2O3. The minimum atomic E-state index is -1.02. The first-order chi connectivity index (χ1) is 9.30. The molecule has 1 amide bonds. The summed E-state index contributed by atoms with van der Waals surface area (Å²) in [4.78, 5) is 29.2. The first-order valence-electron chi connectivity index (χ1n) is 6.80. The van der Waals surface area contributed by atoms with Gasteiger partial charge in [0.2, 0.25) is 0 Å². The smallest absolute Gasteiger partial charge is 0.337 e. The van der Waals surface area contributed by atoms with Crippen molar-refractivity contribution in [1.29, 1.82) is 0 Å². The zero-order chi connectivity index (χ0) is 14.9. The Morgan fingerprint density at radius 2 is 1.85 bits per heavy atom. The summed E-state index contributed by atoms with van der Waals surface area (Å²) in [7, 11) is 0. The van der Waals surface area contributed by atoms with Gasteiger partial charge >= 0.3 is 5.97 Å². The molecule has 0 radical (unpaired) electrons. The molecule has 1 N–H and O–H groups in total. The predicted octanol–water partition coefficient (Wildman–Crippen LogP) is 2.35. The molecule has 0 spiro atoms. The lowest BCUT2D eigenvalue weighted by molar-refractivity contribution is 0.0620. The standard InChI is InChI=1S/C15H20N2O3/c1-10-11(14(19)20)4-5-12(16-10)13(18)17-8-6-15(2,3)7-9-17/h4-5H,6-9H2,1-3H3,(H,19,20). The quantitative estimate of drug-likeness (QED) is 0.900. The number of carbonyl (C=O) groups excluding carboxylic acids is 1. The number of carboxylic acid groups (broad SMARTS) is 1. The van der Waals surface area contributed by atoms with E-state index in [0.717, 1.165) is 25.9 Å². The van der Waals surface area contributed by atoms with Crippen LogP contribution in [0.1, 0.15) is 53.2 Å². The lowest BCUT2D eigenvalue weighted by atomic mass is 9.82. The fraction of sp³-hybridized carbons (Fsp3) is 0.533. The number of aromatic carboxylic acids is 1. The average Bonchev–Trinajstić information content (AvgIpc) is 2.37. The monoisotopic (exact) mass is 276 g/mol. The zero-order valence-electron chi connectivity index (χ0n) is 12.1. The molecule has 1 fully saturated rings. The van der Waals surface area contributed by atoms with E-state index in [1.807, 2.05) is 0 Å². The van der Waals surface area contributed by atoms with Gasteiger partial charge in [0.25, 0.3) is 5.91 Å². The lowest BCUT2D eigenvalue weighted by Gasteiger charge is -2.36. The number of nitrogens with zero attached hydrogens (tertiary/aromatic N) is 2. The molecule has 1 aliphatic rings. The van der Waals surface area contributed by atoms with Gasteiger partial charge in [-0.3, -0.25) is 4.79 Å². The zero-order valence-corrected chi connectivity index (χ0v) is 12.1. The van der Waals surface area contributed by atoms with Gasteiger partial charge in [-0.05, 0) is 37.3 Å². The lowest BCUT2D eigenvalue weighted by Crippen LogP contribution is -2.41. The Hall–Kier alpha value is -1.91. The predicted molar refractivity (Wildman–Crippen MR) is 74.9 cm³/mol. The molecule has 0 atom stereocenters. The minimum Gasteiger partial charge on any atom is -0.478 e. The molecule has 5 nitrogen and oxygen atoms in total. The van der Waals surface area contributed by atoms with Crippen LogP contribution < -0.4 is 0 Å². The van der Waals surface area contributed by atoms with Crippen LogP contribution in [0.2, 0.25) is 0 Å². The van der Waals surface area contributed by atoms with Crippen LogP contribution in [0.15, 0.2) is 12.1 Å². The van der Waals surface area contributed by atoms with Gasteiger partial charge in [-0.25, -0.2) is 9.78 Å². The molecule has 0 unspecified atom stereocenters. The molecule has 1 saturated heterocycles. The number of likely N-dealkylation sites (tertiary alicyclic amines) is 1. The van der Waals surface area contributed by atoms with Crippen molar-refractivity contribution in [2.75, 3.05) is 13.1 Å². The van der Waals surface area contributed by atoms with Crippen LogP contribution in [-0.2, 0) is 0 Å². The van der Waals surface area contributed by atoms with Gasteiger partial charge in [-0.15, -0.1) is 0 Å². The van der Waals surface area contributed by atoms with Gasteiger partial charge in [0.15, 0.2) is 0 Å². The fourth-order valence-electron chi connectivity index (χ4n) is 2.38. The Labute approximate surface area is 118 Å². The molecule has 1 aromatic heterocycles. The van der Waals surface area contributed by atoms with E-state index in [1.54, 1.807) is 11.8 Å². The molecule has 0 saturated carbocycles. The highest BCUT2D eigenvalue weighted by atomic mass is 16.4. The van der Waals surface area contributed by atoms with Crippen molar-refractivity contribution in [2.24, 2.45) is 5.41 Å². The van der Waals surface area contributed by atoms with E-state index in [2.05, 4.69) is 18.8 Å². The molecule has 5 heteroatoms. The van der Waals surface area contributed by atoms with E-state index in [-0.39, 0.29) is 16.9 Å². The Morgan fingerprint density at radius 3 is 2.35 bits per heavy atom. The van der Waals surface area contributed by atoms with Crippen molar-refractivity contribution in [2.45, 2.75) is 33.6 Å². The number of rotatable bonds is 2. The average molecular weight is 276 g/mol. The Balaban J connectivity index is 2.14. The number of piperidine rings is 1. The van der Waals surface area contributed by atoms with Crippen LogP contribution in [0.5, 0.6) is 0 Å². The number of carboxylic acids is 1. The highest BCUT2D eigenvalue weighted by Gasteiger charge is 2.29. The molecule has 108 valence electrons. The van der Waals surface area contributed by atoms with Crippen LogP contribution in [-0.4, -0.2) is 40.0 Å². The van der Waals surface area contributed by atoms with Crippen LogP contribution in [0, 0.1) is 12.3 Å². The van der Waals surface area contributed by atoms with Gasteiger partial charge in [-0.1, -0.05) is 13.8 Å². The van der Waals surface area contributed by atoms with Crippen LogP contribution in [0.25, 0.3) is 0 Å². The number of hydrogen-bond acceptors (Lipinski definition) is 3. The second kappa shape index (κ2) is 5.23. The molecule has 2 rings (SSSR count). The second-order valence-corrected chi connectivity index (χ2v) is 6.09. The second-order valence-electron chi connectivity index (χ2n) is 6.09. The van der Waals surface area contributed by atoms with Crippen molar-refractivity contribution in [1.82, 2.24) is 9.88 Å². The Morgan fingerprint density at radius 1 is 1.25 bits per heavy atom. The fourth-order valence-corrected chi connectivity index (χ4v) is 2.38. The molecule has 0 aromatic carbocycles. The van der Waals surface area contributed by atoms with Crippen molar-refractivity contribution >= 4 is 11.9 Å². The highest BCUT2D eigenvalue weighted by molar-refractivity contribution is 5.94. The van der Waals surface area contributed by atoms with Gasteiger partial charge < -0.3 is 10.0 Å². The van der Waals surface area contributed by atoms with Crippen LogP contribution in [0.4, 0.5) is 0 Å². The van der Waals surface area contributed by atoms with E-state index in [9.17, 15) is 9.59 Å². The summed E-state index contributed by atoms with van der Waals surface area (Å²) < 4.78 is 0. The maximum atomic E-state index is 12.4. The normalized spacial score (nSPS) is 17.9. The van der Waals surface area contributed by atoms with Gasteiger partial charge in [-0.2, -0.15) is 0 Å². The minimum absolute atomic E-state index is 0.111. The molecule has 1 aromatic rings. The molecule has 1 aliphatic heterocycles. The summed E-state index contributed by atoms with van der Waals surface area (Å²) in [6.45, 7) is 7.48. The van der Waals surface area contributed by atoms with Crippen molar-refractivity contribution in [3.8, 4) is 0 Å². The van der Waals surface area contributed by atoms with Crippen LogP contribution >= 0.6 is 0 Å². The third-order valence-electron chi connectivity index (χ3n) is 3.94. The van der Waals surface area contributed by atoms with Gasteiger partial charge in [0.1, 0.15) is 5.69 Å². The first kappa shape index (κ1) is 14.5. The summed E-state index contributed by atoms with van der Waals surface area (Å²) >= 11 is 0. The van der Waals surface area contributed by atoms with Crippen molar-refractivity contribution < 1.29 is 14.7 Å². The number of aromatic nitrogens is 1. The number of carbonyl (C=O) groups is 2. The van der Waals surface area contributed by atoms with E-state index in [0.29, 0.717) is 11.4 Å². The molecule has 0 aliphatic carbocycles. The van der Waals surface area contributed by atoms with E-state index < -0.39 is 5.97 Å². The van der Waals surface area contributed by atoms with E-state index >= 15 is 0 Å². The van der Waals surface area contributed by atoms with Gasteiger partial charge in [0, 0.05) is 13.1 Å². The highest BCUT2D eigenvalue weighted by Crippen LogP contribution is 2.30. The number of aryl methyl sites for hydroxylation is 1. The third-order valence-corrected chi connectivity index (χ3v) is 3.94. The van der Waals surface area contributed by atoms with E-state index in [1.165, 1.54) is 12.1 Å². The summed E-state index contributed by atoms with van der Waals surface area (Å²) in [6.07, 6.45) is 1.95. The summed E-state index contributed by atoms with van der Waals surface area (Å²) in [6, 6.07) is 2.95. The molecular weight excluding hydrogens is 256 g/mol. The van der Waals surface area contributed by atoms with Gasteiger partial charge in [0.05, 0.1) is 11.3 Å². The maximum absolute atomic E-state index is 12.4. The van der Waals surface area contributed by atoms with Crippen molar-refractivity contribution in [3.63, 3.8) is 0 Å². The summed E-state index contributed by atoms with van der Waals surface area (Å²) in [5, 5.41) is 8.97. The maximum Gasteiger partial charge on any atom is 0.337 e. The number of amides is 1. The Bertz CT molecular complexity index is 542. The van der Waals surface area contributed by atoms with E-state index in [4.69, 9.17) is 5.11 Å². The largest absolute Gasteiger partial charge is 0.478 e. The topological polar surface area (TPSA) is 70.5 Å².